The minimum Gasteiger partial charge on any atom is -0.421 e. The minimum absolute atomic E-state index is 0.0393. The highest BCUT2D eigenvalue weighted by Gasteiger charge is 2.16. The van der Waals surface area contributed by atoms with Crippen molar-refractivity contribution in [2.45, 2.75) is 11.3 Å². The molecule has 0 atom stereocenters. The van der Waals surface area contributed by atoms with E-state index in [1.54, 1.807) is 0 Å². The Bertz CT molecular complexity index is 975. The van der Waals surface area contributed by atoms with E-state index >= 15 is 0 Å². The van der Waals surface area contributed by atoms with Crippen molar-refractivity contribution < 1.29 is 12.8 Å². The molecule has 3 aromatic rings. The van der Waals surface area contributed by atoms with Crippen LogP contribution in [0.25, 0.3) is 11.5 Å². The zero-order valence-electron chi connectivity index (χ0n) is 12.8. The molecular weight excluding hydrogens is 385 g/mol. The van der Waals surface area contributed by atoms with Crippen molar-refractivity contribution in [3.63, 3.8) is 0 Å². The zero-order valence-corrected chi connectivity index (χ0v) is 15.1. The Morgan fingerprint density at radius 3 is 2.48 bits per heavy atom. The van der Waals surface area contributed by atoms with Gasteiger partial charge in [0.05, 0.1) is 14.9 Å². The van der Waals surface area contributed by atoms with Crippen LogP contribution in [0.3, 0.4) is 0 Å². The molecule has 6 nitrogen and oxygen atoms in total. The standard InChI is InChI=1S/C16H13Cl2N3O3S/c17-13-7-6-12(10-14(13)18)25(22,23)19-9-8-15-20-21-16(24-15)11-4-2-1-3-5-11/h1-7,10,19H,8-9H2. The van der Waals surface area contributed by atoms with Crippen molar-refractivity contribution in [2.75, 3.05) is 6.54 Å². The Morgan fingerprint density at radius 2 is 1.76 bits per heavy atom. The lowest BCUT2D eigenvalue weighted by Gasteiger charge is -2.06. The van der Waals surface area contributed by atoms with Crippen LogP contribution in [0.4, 0.5) is 0 Å². The van der Waals surface area contributed by atoms with Gasteiger partial charge in [0, 0.05) is 18.5 Å². The van der Waals surface area contributed by atoms with Crippen molar-refractivity contribution in [1.82, 2.24) is 14.9 Å². The lowest BCUT2D eigenvalue weighted by atomic mass is 10.2. The lowest BCUT2D eigenvalue weighted by Crippen LogP contribution is -2.26. The van der Waals surface area contributed by atoms with E-state index in [-0.39, 0.29) is 22.9 Å². The quantitative estimate of drug-likeness (QED) is 0.686. The molecule has 25 heavy (non-hydrogen) atoms. The second kappa shape index (κ2) is 7.53. The van der Waals surface area contributed by atoms with E-state index < -0.39 is 10.0 Å². The maximum Gasteiger partial charge on any atom is 0.247 e. The van der Waals surface area contributed by atoms with Crippen LogP contribution in [0.1, 0.15) is 5.89 Å². The molecule has 1 N–H and O–H groups in total. The smallest absolute Gasteiger partial charge is 0.247 e. The van der Waals surface area contributed by atoms with Gasteiger partial charge in [-0.25, -0.2) is 13.1 Å². The van der Waals surface area contributed by atoms with Crippen LogP contribution >= 0.6 is 23.2 Å². The Hall–Kier alpha value is -1.93. The van der Waals surface area contributed by atoms with Gasteiger partial charge in [-0.2, -0.15) is 0 Å². The molecule has 0 saturated heterocycles. The first kappa shape index (κ1) is 17.9. The third-order valence-corrected chi connectivity index (χ3v) is 5.52. The van der Waals surface area contributed by atoms with Crippen molar-refractivity contribution in [2.24, 2.45) is 0 Å². The monoisotopic (exact) mass is 397 g/mol. The number of halogens is 2. The summed E-state index contributed by atoms with van der Waals surface area (Å²) in [5, 5.41) is 8.34. The zero-order chi connectivity index (χ0) is 17.9. The fourth-order valence-electron chi connectivity index (χ4n) is 2.07. The number of hydrogen-bond acceptors (Lipinski definition) is 5. The van der Waals surface area contributed by atoms with E-state index in [9.17, 15) is 8.42 Å². The summed E-state index contributed by atoms with van der Waals surface area (Å²) in [7, 11) is -3.70. The number of aromatic nitrogens is 2. The molecule has 0 fully saturated rings. The second-order valence-electron chi connectivity index (χ2n) is 5.09. The molecule has 3 rings (SSSR count). The molecule has 1 heterocycles. The van der Waals surface area contributed by atoms with E-state index in [2.05, 4.69) is 14.9 Å². The maximum absolute atomic E-state index is 12.2. The molecule has 2 aromatic carbocycles. The predicted molar refractivity (Wildman–Crippen MR) is 95.1 cm³/mol. The molecule has 9 heteroatoms. The fraction of sp³-hybridized carbons (Fsp3) is 0.125. The normalized spacial score (nSPS) is 11.6. The fourth-order valence-corrected chi connectivity index (χ4v) is 3.49. The van der Waals surface area contributed by atoms with Gasteiger partial charge in [0.15, 0.2) is 0 Å². The van der Waals surface area contributed by atoms with Crippen LogP contribution in [0.2, 0.25) is 10.0 Å². The second-order valence-corrected chi connectivity index (χ2v) is 7.67. The molecule has 0 aliphatic carbocycles. The molecule has 0 unspecified atom stereocenters. The SMILES string of the molecule is O=S(=O)(NCCc1nnc(-c2ccccc2)o1)c1ccc(Cl)c(Cl)c1. The number of rotatable bonds is 6. The van der Waals surface area contributed by atoms with Crippen molar-refractivity contribution in [3.8, 4) is 11.5 Å². The van der Waals surface area contributed by atoms with Crippen LogP contribution in [-0.4, -0.2) is 25.2 Å². The highest BCUT2D eigenvalue weighted by Crippen LogP contribution is 2.24. The number of nitrogens with zero attached hydrogens (tertiary/aromatic N) is 2. The largest absolute Gasteiger partial charge is 0.421 e. The first-order valence-corrected chi connectivity index (χ1v) is 9.52. The molecule has 130 valence electrons. The molecule has 0 amide bonds. The Balaban J connectivity index is 1.63. The molecule has 0 bridgehead atoms. The summed E-state index contributed by atoms with van der Waals surface area (Å²) in [6.07, 6.45) is 0.264. The van der Waals surface area contributed by atoms with Gasteiger partial charge in [0.1, 0.15) is 0 Å². The molecule has 0 aliphatic rings. The van der Waals surface area contributed by atoms with E-state index in [0.29, 0.717) is 16.8 Å². The van der Waals surface area contributed by atoms with Gasteiger partial charge in [-0.15, -0.1) is 10.2 Å². The van der Waals surface area contributed by atoms with Crippen LogP contribution in [-0.2, 0) is 16.4 Å². The summed E-state index contributed by atoms with van der Waals surface area (Å²) >= 11 is 11.6. The third-order valence-electron chi connectivity index (χ3n) is 3.32. The van der Waals surface area contributed by atoms with E-state index in [4.69, 9.17) is 27.6 Å². The van der Waals surface area contributed by atoms with Gasteiger partial charge in [-0.1, -0.05) is 41.4 Å². The maximum atomic E-state index is 12.2. The first-order chi connectivity index (χ1) is 12.0. The molecular formula is C16H13Cl2N3O3S. The van der Waals surface area contributed by atoms with Gasteiger partial charge < -0.3 is 4.42 Å². The summed E-state index contributed by atoms with van der Waals surface area (Å²) < 4.78 is 32.5. The summed E-state index contributed by atoms with van der Waals surface area (Å²) in [5.74, 6) is 0.735. The van der Waals surface area contributed by atoms with E-state index in [0.717, 1.165) is 5.56 Å². The highest BCUT2D eigenvalue weighted by molar-refractivity contribution is 7.89. The lowest BCUT2D eigenvalue weighted by molar-refractivity contribution is 0.502. The van der Waals surface area contributed by atoms with Crippen molar-refractivity contribution in [3.05, 3.63) is 64.5 Å². The van der Waals surface area contributed by atoms with Gasteiger partial charge in [0.2, 0.25) is 21.8 Å². The van der Waals surface area contributed by atoms with Crippen molar-refractivity contribution >= 4 is 33.2 Å². The van der Waals surface area contributed by atoms with Crippen LogP contribution in [0, 0.1) is 0 Å². The van der Waals surface area contributed by atoms with E-state index in [1.165, 1.54) is 18.2 Å². The molecule has 0 aliphatic heterocycles. The third kappa shape index (κ3) is 4.38. The van der Waals surface area contributed by atoms with Crippen LogP contribution < -0.4 is 4.72 Å². The highest BCUT2D eigenvalue weighted by atomic mass is 35.5. The van der Waals surface area contributed by atoms with Gasteiger partial charge >= 0.3 is 0 Å². The Kier molecular flexibility index (Phi) is 5.39. The number of benzene rings is 2. The summed E-state index contributed by atoms with van der Waals surface area (Å²) in [4.78, 5) is 0.0393. The molecule has 1 aromatic heterocycles. The van der Waals surface area contributed by atoms with Gasteiger partial charge in [-0.3, -0.25) is 0 Å². The average Bonchev–Trinajstić information content (AvgIpc) is 3.07. The molecule has 0 radical (unpaired) electrons. The first-order valence-electron chi connectivity index (χ1n) is 7.28. The predicted octanol–water partition coefficient (Wildman–Crippen LogP) is 3.56. The van der Waals surface area contributed by atoms with Crippen LogP contribution in [0.15, 0.2) is 57.8 Å². The minimum atomic E-state index is -3.70. The number of nitrogens with one attached hydrogen (secondary N) is 1. The Labute approximate surface area is 154 Å². The molecule has 0 saturated carbocycles. The van der Waals surface area contributed by atoms with Crippen molar-refractivity contribution in [1.29, 1.82) is 0 Å². The topological polar surface area (TPSA) is 85.1 Å². The van der Waals surface area contributed by atoms with Crippen LogP contribution in [0.5, 0.6) is 0 Å². The van der Waals surface area contributed by atoms with Gasteiger partial charge in [0.25, 0.3) is 0 Å². The number of sulfonamides is 1. The Morgan fingerprint density at radius 1 is 1.00 bits per heavy atom. The van der Waals surface area contributed by atoms with Gasteiger partial charge in [-0.05, 0) is 30.3 Å². The van der Waals surface area contributed by atoms with E-state index in [1.807, 2.05) is 30.3 Å². The molecule has 0 spiro atoms. The average molecular weight is 398 g/mol. The number of hydrogen-bond donors (Lipinski definition) is 1. The summed E-state index contributed by atoms with van der Waals surface area (Å²) in [6, 6.07) is 13.4. The summed E-state index contributed by atoms with van der Waals surface area (Å²) in [5.41, 5.74) is 0.803. The summed E-state index contributed by atoms with van der Waals surface area (Å²) in [6.45, 7) is 0.110.